The third-order valence-corrected chi connectivity index (χ3v) is 3.49. The second-order valence-electron chi connectivity index (χ2n) is 4.51. The average Bonchev–Trinajstić information content (AvgIpc) is 2.45. The molecule has 0 saturated heterocycles. The molecule has 1 rings (SSSR count). The molecule has 1 amide bonds. The van der Waals surface area contributed by atoms with Crippen LogP contribution in [0.3, 0.4) is 0 Å². The number of carbonyl (C=O) groups excluding carboxylic acids is 2. The Balaban J connectivity index is 2.46. The molecule has 21 heavy (non-hydrogen) atoms. The smallest absolute Gasteiger partial charge is 0.328 e. The number of hydrogen-bond acceptors (Lipinski definition) is 4. The highest BCUT2D eigenvalue weighted by Gasteiger charge is 2.16. The van der Waals surface area contributed by atoms with E-state index in [9.17, 15) is 9.59 Å². The molecule has 1 aromatic rings. The van der Waals surface area contributed by atoms with Gasteiger partial charge in [-0.05, 0) is 53.9 Å². The standard InChI is InChI=1S/C15H20BrNO4/c1-4-21-15(19)10(2)17-14(18)8-6-11-5-7-13(20-3)12(16)9-11/h5,7,9-10H,4,6,8H2,1-3H3,(H,17,18). The van der Waals surface area contributed by atoms with Crippen LogP contribution >= 0.6 is 15.9 Å². The summed E-state index contributed by atoms with van der Waals surface area (Å²) in [4.78, 5) is 23.2. The Kier molecular flexibility index (Phi) is 7.22. The van der Waals surface area contributed by atoms with Gasteiger partial charge in [-0.15, -0.1) is 0 Å². The number of rotatable bonds is 7. The fraction of sp³-hybridized carbons (Fsp3) is 0.467. The number of benzene rings is 1. The van der Waals surface area contributed by atoms with E-state index < -0.39 is 12.0 Å². The van der Waals surface area contributed by atoms with Crippen LogP contribution in [0, 0.1) is 0 Å². The monoisotopic (exact) mass is 357 g/mol. The van der Waals surface area contributed by atoms with Crippen LogP contribution in [0.1, 0.15) is 25.8 Å². The molecule has 0 radical (unpaired) electrons. The molecule has 5 nitrogen and oxygen atoms in total. The predicted octanol–water partition coefficient (Wildman–Crippen LogP) is 2.46. The number of methoxy groups -OCH3 is 1. The molecule has 1 N–H and O–H groups in total. The molecule has 0 aromatic heterocycles. The van der Waals surface area contributed by atoms with E-state index in [2.05, 4.69) is 21.2 Å². The second kappa shape index (κ2) is 8.67. The molecule has 6 heteroatoms. The Bertz CT molecular complexity index is 504. The predicted molar refractivity (Wildman–Crippen MR) is 83.3 cm³/mol. The Labute approximate surface area is 133 Å². The fourth-order valence-corrected chi connectivity index (χ4v) is 2.35. The van der Waals surface area contributed by atoms with Crippen molar-refractivity contribution in [3.8, 4) is 5.75 Å². The maximum absolute atomic E-state index is 11.8. The maximum Gasteiger partial charge on any atom is 0.328 e. The van der Waals surface area contributed by atoms with Gasteiger partial charge in [0.2, 0.25) is 5.91 Å². The normalized spacial score (nSPS) is 11.6. The van der Waals surface area contributed by atoms with E-state index in [1.165, 1.54) is 0 Å². The van der Waals surface area contributed by atoms with Crippen LogP contribution in [0.4, 0.5) is 0 Å². The molecule has 0 aliphatic carbocycles. The number of halogens is 1. The zero-order valence-corrected chi connectivity index (χ0v) is 14.0. The molecule has 0 fully saturated rings. The number of nitrogens with one attached hydrogen (secondary N) is 1. The largest absolute Gasteiger partial charge is 0.496 e. The summed E-state index contributed by atoms with van der Waals surface area (Å²) in [5, 5.41) is 2.62. The number of amides is 1. The summed E-state index contributed by atoms with van der Waals surface area (Å²) in [6, 6.07) is 5.05. The van der Waals surface area contributed by atoms with Gasteiger partial charge in [0.15, 0.2) is 0 Å². The number of ether oxygens (including phenoxy) is 2. The number of hydrogen-bond donors (Lipinski definition) is 1. The van der Waals surface area contributed by atoms with Crippen LogP contribution in [-0.4, -0.2) is 31.6 Å². The van der Waals surface area contributed by atoms with E-state index in [1.54, 1.807) is 21.0 Å². The zero-order chi connectivity index (χ0) is 15.8. The molecule has 0 saturated carbocycles. The van der Waals surface area contributed by atoms with Gasteiger partial charge in [0.1, 0.15) is 11.8 Å². The van der Waals surface area contributed by atoms with Crippen LogP contribution < -0.4 is 10.1 Å². The minimum Gasteiger partial charge on any atom is -0.496 e. The van der Waals surface area contributed by atoms with Crippen molar-refractivity contribution in [3.05, 3.63) is 28.2 Å². The lowest BCUT2D eigenvalue weighted by atomic mass is 10.1. The molecule has 1 unspecified atom stereocenters. The van der Waals surface area contributed by atoms with Crippen LogP contribution in [0.15, 0.2) is 22.7 Å². The van der Waals surface area contributed by atoms with Crippen molar-refractivity contribution in [1.29, 1.82) is 0 Å². The number of esters is 1. The van der Waals surface area contributed by atoms with Gasteiger partial charge in [0.25, 0.3) is 0 Å². The van der Waals surface area contributed by atoms with Crippen LogP contribution in [0.2, 0.25) is 0 Å². The van der Waals surface area contributed by atoms with Gasteiger partial charge in [-0.1, -0.05) is 6.07 Å². The molecule has 0 bridgehead atoms. The Hall–Kier alpha value is -1.56. The first-order valence-electron chi connectivity index (χ1n) is 6.76. The van der Waals surface area contributed by atoms with Gasteiger partial charge >= 0.3 is 5.97 Å². The first-order valence-corrected chi connectivity index (χ1v) is 7.55. The maximum atomic E-state index is 11.8. The summed E-state index contributed by atoms with van der Waals surface area (Å²) in [7, 11) is 1.60. The average molecular weight is 358 g/mol. The van der Waals surface area contributed by atoms with Crippen molar-refractivity contribution in [2.45, 2.75) is 32.7 Å². The molecule has 0 aliphatic heterocycles. The fourth-order valence-electron chi connectivity index (χ4n) is 1.76. The minimum absolute atomic E-state index is 0.178. The highest BCUT2D eigenvalue weighted by molar-refractivity contribution is 9.10. The molecule has 1 atom stereocenters. The Morgan fingerprint density at radius 2 is 2.10 bits per heavy atom. The van der Waals surface area contributed by atoms with Crippen LogP contribution in [-0.2, 0) is 20.7 Å². The van der Waals surface area contributed by atoms with Crippen LogP contribution in [0.25, 0.3) is 0 Å². The van der Waals surface area contributed by atoms with Gasteiger partial charge in [-0.2, -0.15) is 0 Å². The molecule has 0 spiro atoms. The Morgan fingerprint density at radius 1 is 1.38 bits per heavy atom. The summed E-state index contributed by atoms with van der Waals surface area (Å²) in [5.41, 5.74) is 1.02. The van der Waals surface area contributed by atoms with Crippen molar-refractivity contribution in [2.75, 3.05) is 13.7 Å². The highest BCUT2D eigenvalue weighted by atomic mass is 79.9. The quantitative estimate of drug-likeness (QED) is 0.761. The van der Waals surface area contributed by atoms with E-state index in [1.807, 2.05) is 18.2 Å². The number of aryl methyl sites for hydroxylation is 1. The summed E-state index contributed by atoms with van der Waals surface area (Å²) in [5.74, 6) is 0.152. The summed E-state index contributed by atoms with van der Waals surface area (Å²) in [6.45, 7) is 3.65. The first kappa shape index (κ1) is 17.5. The molecule has 0 aliphatic rings. The van der Waals surface area contributed by atoms with Crippen molar-refractivity contribution >= 4 is 27.8 Å². The van der Waals surface area contributed by atoms with Gasteiger partial charge in [0, 0.05) is 6.42 Å². The van der Waals surface area contributed by atoms with Crippen molar-refractivity contribution in [2.24, 2.45) is 0 Å². The van der Waals surface area contributed by atoms with E-state index in [0.29, 0.717) is 19.4 Å². The van der Waals surface area contributed by atoms with Crippen molar-refractivity contribution in [1.82, 2.24) is 5.32 Å². The van der Waals surface area contributed by atoms with E-state index >= 15 is 0 Å². The molecule has 0 heterocycles. The third kappa shape index (κ3) is 5.75. The van der Waals surface area contributed by atoms with E-state index in [0.717, 1.165) is 15.8 Å². The van der Waals surface area contributed by atoms with Gasteiger partial charge in [-0.25, -0.2) is 4.79 Å². The topological polar surface area (TPSA) is 64.6 Å². The van der Waals surface area contributed by atoms with Crippen molar-refractivity contribution in [3.63, 3.8) is 0 Å². The SMILES string of the molecule is CCOC(=O)C(C)NC(=O)CCc1ccc(OC)c(Br)c1. The zero-order valence-electron chi connectivity index (χ0n) is 12.4. The molecular formula is C15H20BrNO4. The first-order chi connectivity index (χ1) is 9.97. The molecular weight excluding hydrogens is 338 g/mol. The highest BCUT2D eigenvalue weighted by Crippen LogP contribution is 2.25. The second-order valence-corrected chi connectivity index (χ2v) is 5.36. The minimum atomic E-state index is -0.625. The summed E-state index contributed by atoms with van der Waals surface area (Å²) < 4.78 is 10.8. The van der Waals surface area contributed by atoms with E-state index in [-0.39, 0.29) is 5.91 Å². The van der Waals surface area contributed by atoms with Gasteiger partial charge < -0.3 is 14.8 Å². The summed E-state index contributed by atoms with van der Waals surface area (Å²) in [6.07, 6.45) is 0.895. The lowest BCUT2D eigenvalue weighted by Gasteiger charge is -2.12. The summed E-state index contributed by atoms with van der Waals surface area (Å²) >= 11 is 3.40. The van der Waals surface area contributed by atoms with Crippen molar-refractivity contribution < 1.29 is 19.1 Å². The number of carbonyl (C=O) groups is 2. The lowest BCUT2D eigenvalue weighted by Crippen LogP contribution is -2.39. The van der Waals surface area contributed by atoms with E-state index in [4.69, 9.17) is 9.47 Å². The van der Waals surface area contributed by atoms with Crippen LogP contribution in [0.5, 0.6) is 5.75 Å². The lowest BCUT2D eigenvalue weighted by molar-refractivity contribution is -0.146. The van der Waals surface area contributed by atoms with Gasteiger partial charge in [0.05, 0.1) is 18.2 Å². The van der Waals surface area contributed by atoms with Gasteiger partial charge in [-0.3, -0.25) is 4.79 Å². The third-order valence-electron chi connectivity index (χ3n) is 2.87. The Morgan fingerprint density at radius 3 is 2.67 bits per heavy atom. The molecule has 1 aromatic carbocycles. The molecule has 116 valence electrons.